The molecule has 5 heteroatoms. The zero-order valence-electron chi connectivity index (χ0n) is 9.27. The first kappa shape index (κ1) is 10.7. The van der Waals surface area contributed by atoms with Crippen LogP contribution in [-0.4, -0.2) is 53.1 Å². The van der Waals surface area contributed by atoms with Gasteiger partial charge < -0.3 is 19.5 Å². The third-order valence-corrected chi connectivity index (χ3v) is 2.46. The van der Waals surface area contributed by atoms with E-state index in [0.717, 1.165) is 0 Å². The van der Waals surface area contributed by atoms with Gasteiger partial charge in [0.05, 0.1) is 13.1 Å². The molecule has 2 aliphatic rings. The van der Waals surface area contributed by atoms with Crippen LogP contribution in [0.15, 0.2) is 0 Å². The summed E-state index contributed by atoms with van der Waals surface area (Å²) in [4.78, 5) is 13.2. The van der Waals surface area contributed by atoms with E-state index in [-0.39, 0.29) is 18.3 Å². The van der Waals surface area contributed by atoms with Crippen LogP contribution in [0, 0.1) is 0 Å². The molecular weight excluding hydrogens is 198 g/mol. The fourth-order valence-electron chi connectivity index (χ4n) is 1.74. The quantitative estimate of drug-likeness (QED) is 0.593. The fourth-order valence-corrected chi connectivity index (χ4v) is 1.74. The van der Waals surface area contributed by atoms with E-state index in [2.05, 4.69) is 0 Å². The number of β-amino-alcohol motifs (C(OH)–C–C–N with tert-alkyl or cyclic N) is 1. The van der Waals surface area contributed by atoms with E-state index in [1.807, 2.05) is 20.8 Å². The van der Waals surface area contributed by atoms with Crippen LogP contribution < -0.4 is 0 Å². The van der Waals surface area contributed by atoms with Gasteiger partial charge in [-0.2, -0.15) is 0 Å². The molecule has 86 valence electrons. The summed E-state index contributed by atoms with van der Waals surface area (Å²) in [6.07, 6.45) is -1.02. The second-order valence-corrected chi connectivity index (χ2v) is 5.09. The van der Waals surface area contributed by atoms with Gasteiger partial charge in [-0.3, -0.25) is 0 Å². The first-order valence-corrected chi connectivity index (χ1v) is 5.18. The van der Waals surface area contributed by atoms with Gasteiger partial charge in [0, 0.05) is 0 Å². The van der Waals surface area contributed by atoms with Gasteiger partial charge in [0.1, 0.15) is 23.9 Å². The standard InChI is InChI=1S/C10H17NO4/c1-10(2,3)15-9(13)11-4-6(12)8-7(5-11)14-8/h6-8,12H,4-5H2,1-3H3/t6-,7-,8-/m1/s1. The lowest BCUT2D eigenvalue weighted by Crippen LogP contribution is -2.48. The number of hydrogen-bond acceptors (Lipinski definition) is 4. The largest absolute Gasteiger partial charge is 0.444 e. The molecule has 0 bridgehead atoms. The maximum atomic E-state index is 11.7. The molecule has 2 saturated heterocycles. The number of amides is 1. The number of fused-ring (bicyclic) bond motifs is 1. The third-order valence-electron chi connectivity index (χ3n) is 2.46. The number of rotatable bonds is 0. The summed E-state index contributed by atoms with van der Waals surface area (Å²) < 4.78 is 10.4. The zero-order chi connectivity index (χ0) is 11.2. The summed E-state index contributed by atoms with van der Waals surface area (Å²) in [5.41, 5.74) is -0.497. The average Bonchev–Trinajstić information content (AvgIpc) is 2.79. The van der Waals surface area contributed by atoms with E-state index in [1.165, 1.54) is 4.90 Å². The summed E-state index contributed by atoms with van der Waals surface area (Å²) in [7, 11) is 0. The minimum Gasteiger partial charge on any atom is -0.444 e. The summed E-state index contributed by atoms with van der Waals surface area (Å²) in [5.74, 6) is 0. The molecule has 15 heavy (non-hydrogen) atoms. The Kier molecular flexibility index (Phi) is 2.39. The van der Waals surface area contributed by atoms with Gasteiger partial charge in [-0.05, 0) is 20.8 Å². The highest BCUT2D eigenvalue weighted by molar-refractivity contribution is 5.68. The molecule has 0 saturated carbocycles. The predicted octanol–water partition coefficient (Wildman–Crippen LogP) is 0.365. The Morgan fingerprint density at radius 2 is 2.13 bits per heavy atom. The smallest absolute Gasteiger partial charge is 0.410 e. The molecule has 0 radical (unpaired) electrons. The number of nitrogens with zero attached hydrogens (tertiary/aromatic N) is 1. The highest BCUT2D eigenvalue weighted by atomic mass is 16.6. The molecule has 0 aromatic rings. The Morgan fingerprint density at radius 3 is 2.67 bits per heavy atom. The van der Waals surface area contributed by atoms with E-state index in [0.29, 0.717) is 13.1 Å². The second kappa shape index (κ2) is 3.35. The zero-order valence-corrected chi connectivity index (χ0v) is 9.27. The number of aliphatic hydroxyl groups excluding tert-OH is 1. The number of carbonyl (C=O) groups excluding carboxylic acids is 1. The van der Waals surface area contributed by atoms with Gasteiger partial charge in [-0.1, -0.05) is 0 Å². The summed E-state index contributed by atoms with van der Waals surface area (Å²) >= 11 is 0. The molecule has 0 spiro atoms. The predicted molar refractivity (Wildman–Crippen MR) is 52.5 cm³/mol. The normalized spacial score (nSPS) is 34.7. The minimum atomic E-state index is -0.573. The lowest BCUT2D eigenvalue weighted by atomic mass is 10.1. The number of hydrogen-bond donors (Lipinski definition) is 1. The molecule has 3 atom stereocenters. The van der Waals surface area contributed by atoms with Crippen molar-refractivity contribution in [1.29, 1.82) is 0 Å². The van der Waals surface area contributed by atoms with Crippen LogP contribution in [0.5, 0.6) is 0 Å². The van der Waals surface area contributed by atoms with Crippen LogP contribution in [0.1, 0.15) is 20.8 Å². The van der Waals surface area contributed by atoms with Crippen molar-refractivity contribution in [2.24, 2.45) is 0 Å². The maximum absolute atomic E-state index is 11.7. The molecule has 2 aliphatic heterocycles. The van der Waals surface area contributed by atoms with E-state index in [9.17, 15) is 9.90 Å². The average molecular weight is 215 g/mol. The van der Waals surface area contributed by atoms with Gasteiger partial charge >= 0.3 is 6.09 Å². The van der Waals surface area contributed by atoms with Crippen molar-refractivity contribution in [2.75, 3.05) is 13.1 Å². The third kappa shape index (κ3) is 2.41. The minimum absolute atomic E-state index is 0.00117. The molecule has 0 unspecified atom stereocenters. The Labute approximate surface area is 89.0 Å². The van der Waals surface area contributed by atoms with Crippen LogP contribution in [0.3, 0.4) is 0 Å². The van der Waals surface area contributed by atoms with Gasteiger partial charge in [-0.15, -0.1) is 0 Å². The Balaban J connectivity index is 1.90. The van der Waals surface area contributed by atoms with E-state index in [1.54, 1.807) is 0 Å². The topological polar surface area (TPSA) is 62.3 Å². The van der Waals surface area contributed by atoms with Crippen molar-refractivity contribution in [1.82, 2.24) is 4.90 Å². The molecule has 2 heterocycles. The number of piperidine rings is 1. The van der Waals surface area contributed by atoms with Crippen molar-refractivity contribution in [3.63, 3.8) is 0 Å². The monoisotopic (exact) mass is 215 g/mol. The lowest BCUT2D eigenvalue weighted by molar-refractivity contribution is 0.00909. The molecule has 5 nitrogen and oxygen atoms in total. The Morgan fingerprint density at radius 1 is 1.47 bits per heavy atom. The number of ether oxygens (including phenoxy) is 2. The molecule has 0 aromatic carbocycles. The first-order chi connectivity index (χ1) is 6.87. The molecule has 1 amide bonds. The number of carbonyl (C=O) groups is 1. The van der Waals surface area contributed by atoms with Gasteiger partial charge in [0.15, 0.2) is 0 Å². The van der Waals surface area contributed by atoms with E-state index < -0.39 is 11.7 Å². The van der Waals surface area contributed by atoms with Crippen molar-refractivity contribution < 1.29 is 19.4 Å². The number of epoxide rings is 1. The van der Waals surface area contributed by atoms with Crippen LogP contribution in [0.4, 0.5) is 4.79 Å². The van der Waals surface area contributed by atoms with Crippen molar-refractivity contribution >= 4 is 6.09 Å². The highest BCUT2D eigenvalue weighted by Gasteiger charge is 2.51. The van der Waals surface area contributed by atoms with Crippen LogP contribution in [-0.2, 0) is 9.47 Å². The Hall–Kier alpha value is -0.810. The van der Waals surface area contributed by atoms with Crippen LogP contribution in [0.25, 0.3) is 0 Å². The molecule has 0 aliphatic carbocycles. The van der Waals surface area contributed by atoms with Gasteiger partial charge in [0.2, 0.25) is 0 Å². The summed E-state index contributed by atoms with van der Waals surface area (Å²) in [6.45, 7) is 6.29. The lowest BCUT2D eigenvalue weighted by Gasteiger charge is -2.30. The fraction of sp³-hybridized carbons (Fsp3) is 0.900. The van der Waals surface area contributed by atoms with Crippen molar-refractivity contribution in [3.05, 3.63) is 0 Å². The summed E-state index contributed by atoms with van der Waals surface area (Å²) in [5, 5.41) is 9.56. The van der Waals surface area contributed by atoms with E-state index in [4.69, 9.17) is 9.47 Å². The first-order valence-electron chi connectivity index (χ1n) is 5.18. The van der Waals surface area contributed by atoms with Crippen LogP contribution >= 0.6 is 0 Å². The Bertz CT molecular complexity index is 273. The molecule has 2 rings (SSSR count). The number of aliphatic hydroxyl groups is 1. The van der Waals surface area contributed by atoms with Gasteiger partial charge in [0.25, 0.3) is 0 Å². The van der Waals surface area contributed by atoms with Crippen molar-refractivity contribution in [2.45, 2.75) is 44.7 Å². The molecule has 0 aromatic heterocycles. The van der Waals surface area contributed by atoms with Gasteiger partial charge in [-0.25, -0.2) is 4.79 Å². The molecular formula is C10H17NO4. The molecule has 1 N–H and O–H groups in total. The number of likely N-dealkylation sites (tertiary alicyclic amines) is 1. The SMILES string of the molecule is CC(C)(C)OC(=O)N1C[C@@H](O)[C@H]2O[C@@H]2C1. The maximum Gasteiger partial charge on any atom is 0.410 e. The molecule has 2 fully saturated rings. The highest BCUT2D eigenvalue weighted by Crippen LogP contribution is 2.31. The second-order valence-electron chi connectivity index (χ2n) is 5.09. The summed E-state index contributed by atoms with van der Waals surface area (Å²) in [6, 6.07) is 0. The van der Waals surface area contributed by atoms with E-state index >= 15 is 0 Å². The van der Waals surface area contributed by atoms with Crippen LogP contribution in [0.2, 0.25) is 0 Å². The van der Waals surface area contributed by atoms with Crippen molar-refractivity contribution in [3.8, 4) is 0 Å².